The van der Waals surface area contributed by atoms with E-state index in [0.29, 0.717) is 5.69 Å². The second-order valence-electron chi connectivity index (χ2n) is 3.85. The lowest BCUT2D eigenvalue weighted by molar-refractivity contribution is -0.137. The van der Waals surface area contributed by atoms with Crippen LogP contribution in [-0.2, 0) is 6.18 Å². The fraction of sp³-hybridized carbons (Fsp3) is 0.167. The van der Waals surface area contributed by atoms with Crippen molar-refractivity contribution >= 4 is 17.2 Å². The first-order chi connectivity index (χ1) is 9.41. The lowest BCUT2D eigenvalue weighted by atomic mass is 10.2. The summed E-state index contributed by atoms with van der Waals surface area (Å²) in [7, 11) is 1.40. The van der Waals surface area contributed by atoms with E-state index in [1.165, 1.54) is 25.6 Å². The highest BCUT2D eigenvalue weighted by Crippen LogP contribution is 2.31. The molecule has 106 valence electrons. The Morgan fingerprint density at radius 3 is 2.35 bits per heavy atom. The quantitative estimate of drug-likeness (QED) is 0.906. The smallest absolute Gasteiger partial charge is 0.416 e. The molecule has 0 aliphatic carbocycles. The van der Waals surface area contributed by atoms with Gasteiger partial charge < -0.3 is 15.8 Å². The number of rotatable bonds is 3. The van der Waals surface area contributed by atoms with Crippen LogP contribution < -0.4 is 15.8 Å². The summed E-state index contributed by atoms with van der Waals surface area (Å²) in [5.41, 5.74) is 5.62. The van der Waals surface area contributed by atoms with Gasteiger partial charge in [0.25, 0.3) is 0 Å². The molecule has 0 spiro atoms. The Morgan fingerprint density at radius 1 is 1.15 bits per heavy atom. The van der Waals surface area contributed by atoms with E-state index in [4.69, 9.17) is 10.5 Å². The van der Waals surface area contributed by atoms with Crippen LogP contribution in [0.15, 0.2) is 30.6 Å². The van der Waals surface area contributed by atoms with Gasteiger partial charge in [-0.15, -0.1) is 0 Å². The normalized spacial score (nSPS) is 11.2. The Labute approximate surface area is 112 Å². The fourth-order valence-corrected chi connectivity index (χ4v) is 1.52. The molecule has 2 rings (SSSR count). The van der Waals surface area contributed by atoms with Gasteiger partial charge in [-0.2, -0.15) is 18.2 Å². The molecule has 1 heterocycles. The number of hydrogen-bond acceptors (Lipinski definition) is 5. The van der Waals surface area contributed by atoms with E-state index in [1.54, 1.807) is 0 Å². The van der Waals surface area contributed by atoms with Crippen LogP contribution in [0.4, 0.5) is 30.4 Å². The van der Waals surface area contributed by atoms with Gasteiger partial charge in [-0.25, -0.2) is 4.98 Å². The van der Waals surface area contributed by atoms with Gasteiger partial charge >= 0.3 is 6.18 Å². The number of nitrogens with zero attached hydrogens (tertiary/aromatic N) is 2. The molecule has 0 amide bonds. The first-order valence-electron chi connectivity index (χ1n) is 5.50. The lowest BCUT2D eigenvalue weighted by Crippen LogP contribution is -2.05. The summed E-state index contributed by atoms with van der Waals surface area (Å²) in [6.45, 7) is 0. The van der Waals surface area contributed by atoms with Crippen LogP contribution >= 0.6 is 0 Å². The van der Waals surface area contributed by atoms with Crippen LogP contribution in [0.25, 0.3) is 0 Å². The van der Waals surface area contributed by atoms with E-state index in [2.05, 4.69) is 15.3 Å². The molecule has 0 unspecified atom stereocenters. The number of nitrogens with two attached hydrogens (primary N) is 1. The number of alkyl halides is 3. The molecule has 1 aromatic carbocycles. The molecular weight excluding hydrogens is 273 g/mol. The molecule has 0 radical (unpaired) electrons. The van der Waals surface area contributed by atoms with Crippen molar-refractivity contribution in [3.05, 3.63) is 36.2 Å². The molecule has 0 saturated heterocycles. The number of nitrogen functional groups attached to an aromatic ring is 1. The average molecular weight is 284 g/mol. The Kier molecular flexibility index (Phi) is 3.64. The topological polar surface area (TPSA) is 73.1 Å². The van der Waals surface area contributed by atoms with Crippen molar-refractivity contribution < 1.29 is 17.9 Å². The Morgan fingerprint density at radius 2 is 1.80 bits per heavy atom. The maximum atomic E-state index is 12.4. The maximum Gasteiger partial charge on any atom is 0.416 e. The van der Waals surface area contributed by atoms with E-state index in [0.717, 1.165) is 12.1 Å². The average Bonchev–Trinajstić information content (AvgIpc) is 2.41. The minimum Gasteiger partial charge on any atom is -0.479 e. The van der Waals surface area contributed by atoms with Crippen molar-refractivity contribution in [3.63, 3.8) is 0 Å². The SMILES string of the molecule is COc1ncnc(Nc2ccc(C(F)(F)F)cc2)c1N. The molecule has 2 aromatic rings. The third-order valence-electron chi connectivity index (χ3n) is 2.52. The zero-order chi connectivity index (χ0) is 14.8. The lowest BCUT2D eigenvalue weighted by Gasteiger charge is -2.11. The summed E-state index contributed by atoms with van der Waals surface area (Å²) in [4.78, 5) is 7.70. The van der Waals surface area contributed by atoms with Crippen LogP contribution in [0.5, 0.6) is 5.88 Å². The first kappa shape index (κ1) is 13.9. The highest BCUT2D eigenvalue weighted by atomic mass is 19.4. The van der Waals surface area contributed by atoms with E-state index < -0.39 is 11.7 Å². The fourth-order valence-electron chi connectivity index (χ4n) is 1.52. The number of ether oxygens (including phenoxy) is 1. The van der Waals surface area contributed by atoms with Gasteiger partial charge in [0.15, 0.2) is 5.82 Å². The summed E-state index contributed by atoms with van der Waals surface area (Å²) in [6.07, 6.45) is -3.13. The second kappa shape index (κ2) is 5.24. The molecule has 3 N–H and O–H groups in total. The summed E-state index contributed by atoms with van der Waals surface area (Å²) in [6, 6.07) is 4.52. The molecule has 1 aromatic heterocycles. The molecule has 0 fully saturated rings. The molecule has 8 heteroatoms. The van der Waals surface area contributed by atoms with Crippen molar-refractivity contribution in [3.8, 4) is 5.88 Å². The number of methoxy groups -OCH3 is 1. The maximum absolute atomic E-state index is 12.4. The summed E-state index contributed by atoms with van der Waals surface area (Å²) in [5, 5.41) is 2.80. The molecule has 20 heavy (non-hydrogen) atoms. The standard InChI is InChI=1S/C12H11F3N4O/c1-20-11-9(16)10(17-6-18-11)19-8-4-2-7(3-5-8)12(13,14)15/h2-6H,16H2,1H3,(H,17,18,19). The minimum atomic E-state index is -4.37. The third kappa shape index (κ3) is 2.90. The molecular formula is C12H11F3N4O. The summed E-state index contributed by atoms with van der Waals surface area (Å²) >= 11 is 0. The first-order valence-corrected chi connectivity index (χ1v) is 5.50. The van der Waals surface area contributed by atoms with Crippen LogP contribution in [-0.4, -0.2) is 17.1 Å². The molecule has 5 nitrogen and oxygen atoms in total. The number of benzene rings is 1. The molecule has 0 bridgehead atoms. The number of aromatic nitrogens is 2. The van der Waals surface area contributed by atoms with Crippen LogP contribution in [0, 0.1) is 0 Å². The van der Waals surface area contributed by atoms with Crippen molar-refractivity contribution in [1.29, 1.82) is 0 Å². The van der Waals surface area contributed by atoms with Gasteiger partial charge in [0.2, 0.25) is 5.88 Å². The van der Waals surface area contributed by atoms with Gasteiger partial charge in [0.1, 0.15) is 12.0 Å². The van der Waals surface area contributed by atoms with E-state index in [9.17, 15) is 13.2 Å². The number of hydrogen-bond donors (Lipinski definition) is 2. The van der Waals surface area contributed by atoms with Crippen molar-refractivity contribution in [2.24, 2.45) is 0 Å². The summed E-state index contributed by atoms with van der Waals surface area (Å²) in [5.74, 6) is 0.450. The highest BCUT2D eigenvalue weighted by Gasteiger charge is 2.29. The molecule has 0 saturated carbocycles. The largest absolute Gasteiger partial charge is 0.479 e. The Bertz CT molecular complexity index is 599. The van der Waals surface area contributed by atoms with Crippen molar-refractivity contribution in [1.82, 2.24) is 9.97 Å². The predicted octanol–water partition coefficient (Wildman–Crippen LogP) is 2.83. The second-order valence-corrected chi connectivity index (χ2v) is 3.85. The monoisotopic (exact) mass is 284 g/mol. The van der Waals surface area contributed by atoms with Crippen LogP contribution in [0.1, 0.15) is 5.56 Å². The minimum absolute atomic E-state index is 0.176. The van der Waals surface area contributed by atoms with Gasteiger partial charge in [0.05, 0.1) is 12.7 Å². The van der Waals surface area contributed by atoms with Gasteiger partial charge in [-0.05, 0) is 24.3 Å². The van der Waals surface area contributed by atoms with E-state index in [-0.39, 0.29) is 17.4 Å². The van der Waals surface area contributed by atoms with Crippen molar-refractivity contribution in [2.75, 3.05) is 18.2 Å². The third-order valence-corrected chi connectivity index (χ3v) is 2.52. The van der Waals surface area contributed by atoms with Gasteiger partial charge in [0, 0.05) is 5.69 Å². The van der Waals surface area contributed by atoms with Crippen molar-refractivity contribution in [2.45, 2.75) is 6.18 Å². The van der Waals surface area contributed by atoms with Crippen LogP contribution in [0.3, 0.4) is 0 Å². The highest BCUT2D eigenvalue weighted by molar-refractivity contribution is 5.72. The zero-order valence-electron chi connectivity index (χ0n) is 10.4. The Balaban J connectivity index is 2.23. The predicted molar refractivity (Wildman–Crippen MR) is 67.7 cm³/mol. The molecule has 0 aliphatic rings. The number of halogens is 3. The summed E-state index contributed by atoms with van der Waals surface area (Å²) < 4.78 is 42.2. The molecule has 0 aliphatic heterocycles. The van der Waals surface area contributed by atoms with E-state index in [1.807, 2.05) is 0 Å². The number of nitrogens with one attached hydrogen (secondary N) is 1. The number of anilines is 3. The van der Waals surface area contributed by atoms with Gasteiger partial charge in [-0.3, -0.25) is 0 Å². The zero-order valence-corrected chi connectivity index (χ0v) is 10.4. The van der Waals surface area contributed by atoms with Crippen LogP contribution in [0.2, 0.25) is 0 Å². The molecule has 0 atom stereocenters. The Hall–Kier alpha value is -2.51. The van der Waals surface area contributed by atoms with Gasteiger partial charge in [-0.1, -0.05) is 0 Å². The van der Waals surface area contributed by atoms with E-state index >= 15 is 0 Å².